The van der Waals surface area contributed by atoms with Crippen LogP contribution in [0.3, 0.4) is 0 Å². The van der Waals surface area contributed by atoms with Gasteiger partial charge in [-0.15, -0.1) is 11.3 Å². The quantitative estimate of drug-likeness (QED) is 0.839. The van der Waals surface area contributed by atoms with Crippen LogP contribution in [0.5, 0.6) is 0 Å². The molecule has 0 bridgehead atoms. The molecule has 3 atom stereocenters. The van der Waals surface area contributed by atoms with E-state index >= 15 is 0 Å². The zero-order valence-electron chi connectivity index (χ0n) is 12.3. The fourth-order valence-corrected chi connectivity index (χ4v) is 4.48. The van der Waals surface area contributed by atoms with E-state index in [1.54, 1.807) is 11.3 Å². The van der Waals surface area contributed by atoms with E-state index in [4.69, 9.17) is 4.98 Å². The highest BCUT2D eigenvalue weighted by Gasteiger charge is 2.44. The lowest BCUT2D eigenvalue weighted by Crippen LogP contribution is -2.39. The molecule has 2 heterocycles. The number of carbonyl (C=O) groups is 1. The summed E-state index contributed by atoms with van der Waals surface area (Å²) in [6.45, 7) is 3.09. The highest BCUT2D eigenvalue weighted by Crippen LogP contribution is 2.43. The van der Waals surface area contributed by atoms with Crippen molar-refractivity contribution in [2.45, 2.75) is 38.6 Å². The van der Waals surface area contributed by atoms with Crippen LogP contribution in [-0.2, 0) is 4.79 Å². The molecule has 4 heteroatoms. The monoisotopic (exact) mass is 300 g/mol. The maximum absolute atomic E-state index is 12.7. The molecule has 4 rings (SSSR count). The number of carbonyl (C=O) groups excluding carboxylic acids is 1. The number of nitrogens with zero attached hydrogens (tertiary/aromatic N) is 2. The molecule has 2 fully saturated rings. The SMILES string of the molecule is CC1CC1C(=O)N1CCCCC1c1nc2ccccc2s1. The molecule has 1 aliphatic carbocycles. The van der Waals surface area contributed by atoms with Crippen LogP contribution < -0.4 is 0 Å². The summed E-state index contributed by atoms with van der Waals surface area (Å²) in [5.41, 5.74) is 1.07. The summed E-state index contributed by atoms with van der Waals surface area (Å²) in [7, 11) is 0. The lowest BCUT2D eigenvalue weighted by molar-refractivity contribution is -0.136. The summed E-state index contributed by atoms with van der Waals surface area (Å²) in [5.74, 6) is 1.22. The molecule has 3 unspecified atom stereocenters. The average Bonchev–Trinajstić information content (AvgIpc) is 3.09. The molecule has 2 aromatic rings. The van der Waals surface area contributed by atoms with Crippen LogP contribution in [0.1, 0.15) is 43.7 Å². The molecule has 3 nitrogen and oxygen atoms in total. The van der Waals surface area contributed by atoms with E-state index in [-0.39, 0.29) is 12.0 Å². The fourth-order valence-electron chi connectivity index (χ4n) is 3.36. The minimum Gasteiger partial charge on any atom is -0.333 e. The normalized spacial score (nSPS) is 28.8. The molecule has 0 radical (unpaired) electrons. The van der Waals surface area contributed by atoms with Crippen molar-refractivity contribution >= 4 is 27.5 Å². The Labute approximate surface area is 129 Å². The van der Waals surface area contributed by atoms with Gasteiger partial charge in [-0.2, -0.15) is 0 Å². The van der Waals surface area contributed by atoms with Gasteiger partial charge in [0, 0.05) is 12.5 Å². The van der Waals surface area contributed by atoms with E-state index in [9.17, 15) is 4.79 Å². The van der Waals surface area contributed by atoms with Crippen LogP contribution in [0.25, 0.3) is 10.2 Å². The Morgan fingerprint density at radius 1 is 1.33 bits per heavy atom. The molecular formula is C17H20N2OS. The van der Waals surface area contributed by atoms with Gasteiger partial charge in [-0.1, -0.05) is 19.1 Å². The third-order valence-corrected chi connectivity index (χ3v) is 5.95. The fraction of sp³-hybridized carbons (Fsp3) is 0.529. The molecule has 1 amide bonds. The first-order chi connectivity index (χ1) is 10.2. The van der Waals surface area contributed by atoms with E-state index in [1.165, 1.54) is 11.1 Å². The maximum Gasteiger partial charge on any atom is 0.226 e. The van der Waals surface area contributed by atoms with E-state index in [0.717, 1.165) is 36.3 Å². The van der Waals surface area contributed by atoms with Crippen molar-refractivity contribution in [2.24, 2.45) is 11.8 Å². The van der Waals surface area contributed by atoms with Gasteiger partial charge >= 0.3 is 0 Å². The number of amides is 1. The van der Waals surface area contributed by atoms with Crippen LogP contribution in [0, 0.1) is 11.8 Å². The van der Waals surface area contributed by atoms with Crippen molar-refractivity contribution in [3.63, 3.8) is 0 Å². The Morgan fingerprint density at radius 2 is 2.14 bits per heavy atom. The standard InChI is InChI=1S/C17H20N2OS/c1-11-10-12(11)17(20)19-9-5-4-7-14(19)16-18-13-6-2-3-8-15(13)21-16/h2-3,6,8,11-12,14H,4-5,7,9-10H2,1H3. The lowest BCUT2D eigenvalue weighted by Gasteiger charge is -2.34. The minimum absolute atomic E-state index is 0.205. The average molecular weight is 300 g/mol. The van der Waals surface area contributed by atoms with Crippen molar-refractivity contribution < 1.29 is 4.79 Å². The zero-order valence-corrected chi connectivity index (χ0v) is 13.1. The Morgan fingerprint density at radius 3 is 2.90 bits per heavy atom. The number of fused-ring (bicyclic) bond motifs is 1. The van der Waals surface area contributed by atoms with Crippen molar-refractivity contribution in [3.8, 4) is 0 Å². The highest BCUT2D eigenvalue weighted by atomic mass is 32.1. The molecule has 110 valence electrons. The summed E-state index contributed by atoms with van der Waals surface area (Å²) in [5, 5.41) is 1.12. The third kappa shape index (κ3) is 2.35. The number of piperidine rings is 1. The second kappa shape index (κ2) is 5.09. The van der Waals surface area contributed by atoms with Gasteiger partial charge in [0.15, 0.2) is 0 Å². The predicted octanol–water partition coefficient (Wildman–Crippen LogP) is 4.01. The minimum atomic E-state index is 0.205. The Kier molecular flexibility index (Phi) is 3.21. The van der Waals surface area contributed by atoms with E-state index in [0.29, 0.717) is 11.8 Å². The number of thiazole rings is 1. The Hall–Kier alpha value is -1.42. The Bertz CT molecular complexity index is 647. The molecule has 0 N–H and O–H groups in total. The van der Waals surface area contributed by atoms with Crippen molar-refractivity contribution in [1.82, 2.24) is 9.88 Å². The Balaban J connectivity index is 1.65. The molecule has 1 aromatic heterocycles. The van der Waals surface area contributed by atoms with Gasteiger partial charge in [0.05, 0.1) is 16.3 Å². The number of hydrogen-bond acceptors (Lipinski definition) is 3. The number of para-hydroxylation sites is 1. The number of hydrogen-bond donors (Lipinski definition) is 0. The number of benzene rings is 1. The van der Waals surface area contributed by atoms with Crippen LogP contribution in [0.15, 0.2) is 24.3 Å². The zero-order chi connectivity index (χ0) is 14.4. The van der Waals surface area contributed by atoms with Crippen molar-refractivity contribution in [3.05, 3.63) is 29.3 Å². The number of likely N-dealkylation sites (tertiary alicyclic amines) is 1. The highest BCUT2D eigenvalue weighted by molar-refractivity contribution is 7.18. The second-order valence-electron chi connectivity index (χ2n) is 6.38. The lowest BCUT2D eigenvalue weighted by atomic mass is 10.0. The van der Waals surface area contributed by atoms with Gasteiger partial charge in [0.2, 0.25) is 5.91 Å². The van der Waals surface area contributed by atoms with Gasteiger partial charge in [0.25, 0.3) is 0 Å². The molecule has 1 saturated carbocycles. The summed E-state index contributed by atoms with van der Waals surface area (Å²) in [6.07, 6.45) is 4.47. The van der Waals surface area contributed by atoms with Crippen LogP contribution in [0.4, 0.5) is 0 Å². The largest absolute Gasteiger partial charge is 0.333 e. The topological polar surface area (TPSA) is 33.2 Å². The van der Waals surface area contributed by atoms with Gasteiger partial charge in [-0.3, -0.25) is 4.79 Å². The summed E-state index contributed by atoms with van der Waals surface area (Å²) >= 11 is 1.75. The first-order valence-electron chi connectivity index (χ1n) is 7.90. The molecule has 1 aromatic carbocycles. The second-order valence-corrected chi connectivity index (χ2v) is 7.44. The van der Waals surface area contributed by atoms with Gasteiger partial charge in [-0.05, 0) is 43.7 Å². The maximum atomic E-state index is 12.7. The van der Waals surface area contributed by atoms with Gasteiger partial charge in [-0.25, -0.2) is 4.98 Å². The third-order valence-electron chi connectivity index (χ3n) is 4.81. The van der Waals surface area contributed by atoms with E-state index in [1.807, 2.05) is 6.07 Å². The predicted molar refractivity (Wildman–Crippen MR) is 85.2 cm³/mol. The summed E-state index contributed by atoms with van der Waals surface area (Å²) in [6, 6.07) is 8.47. The van der Waals surface area contributed by atoms with Crippen LogP contribution >= 0.6 is 11.3 Å². The smallest absolute Gasteiger partial charge is 0.226 e. The molecule has 21 heavy (non-hydrogen) atoms. The molecule has 1 aliphatic heterocycles. The number of aromatic nitrogens is 1. The van der Waals surface area contributed by atoms with Crippen molar-refractivity contribution in [2.75, 3.05) is 6.54 Å². The summed E-state index contributed by atoms with van der Waals surface area (Å²) < 4.78 is 1.23. The van der Waals surface area contributed by atoms with Gasteiger partial charge in [0.1, 0.15) is 5.01 Å². The summed E-state index contributed by atoms with van der Waals surface area (Å²) in [4.78, 5) is 19.6. The molecule has 2 aliphatic rings. The van der Waals surface area contributed by atoms with E-state index in [2.05, 4.69) is 30.0 Å². The first kappa shape index (κ1) is 13.3. The van der Waals surface area contributed by atoms with Crippen molar-refractivity contribution in [1.29, 1.82) is 0 Å². The first-order valence-corrected chi connectivity index (χ1v) is 8.71. The van der Waals surface area contributed by atoms with Gasteiger partial charge < -0.3 is 4.90 Å². The molecule has 1 saturated heterocycles. The number of rotatable bonds is 2. The van der Waals surface area contributed by atoms with Crippen LogP contribution in [-0.4, -0.2) is 22.3 Å². The molecule has 0 spiro atoms. The van der Waals surface area contributed by atoms with E-state index < -0.39 is 0 Å². The molecular weight excluding hydrogens is 280 g/mol. The van der Waals surface area contributed by atoms with Crippen LogP contribution in [0.2, 0.25) is 0 Å².